The molecule has 3 rings (SSSR count). The second-order valence-electron chi connectivity index (χ2n) is 6.72. The zero-order valence-electron chi connectivity index (χ0n) is 16.2. The topological polar surface area (TPSA) is 69.7 Å². The molecule has 27 heavy (non-hydrogen) atoms. The van der Waals surface area contributed by atoms with Crippen molar-refractivity contribution in [3.05, 3.63) is 59.7 Å². The highest BCUT2D eigenvalue weighted by atomic mass is 16.5. The fourth-order valence-electron chi connectivity index (χ4n) is 2.72. The van der Waals surface area contributed by atoms with Gasteiger partial charge >= 0.3 is 0 Å². The number of aldehydes is 1. The molecule has 1 aliphatic rings. The summed E-state index contributed by atoms with van der Waals surface area (Å²) in [6.07, 6.45) is 0.750. The summed E-state index contributed by atoms with van der Waals surface area (Å²) < 4.78 is 9.50. The summed E-state index contributed by atoms with van der Waals surface area (Å²) in [5, 5.41) is 0. The molecule has 0 saturated carbocycles. The van der Waals surface area contributed by atoms with Gasteiger partial charge in [-0.2, -0.15) is 0 Å². The predicted octanol–water partition coefficient (Wildman–Crippen LogP) is 4.14. The first kappa shape index (κ1) is 22.1. The van der Waals surface area contributed by atoms with E-state index in [0.717, 1.165) is 6.29 Å². The SMILES string of the molecule is CC(C)(C)OC=O.CC=O.O=COCC1c2ccccc2-c2ccccc21. The summed E-state index contributed by atoms with van der Waals surface area (Å²) in [7, 11) is 0. The summed E-state index contributed by atoms with van der Waals surface area (Å²) in [5.74, 6) is 0.174. The van der Waals surface area contributed by atoms with Crippen molar-refractivity contribution >= 4 is 19.2 Å². The van der Waals surface area contributed by atoms with Crippen LogP contribution in [-0.2, 0) is 23.9 Å². The summed E-state index contributed by atoms with van der Waals surface area (Å²) >= 11 is 0. The first-order valence-corrected chi connectivity index (χ1v) is 8.64. The minimum absolute atomic E-state index is 0.174. The van der Waals surface area contributed by atoms with Gasteiger partial charge < -0.3 is 14.3 Å². The zero-order valence-corrected chi connectivity index (χ0v) is 16.2. The summed E-state index contributed by atoms with van der Waals surface area (Å²) in [6, 6.07) is 16.6. The minimum atomic E-state index is -0.318. The number of hydrogen-bond acceptors (Lipinski definition) is 5. The molecule has 0 heterocycles. The lowest BCUT2D eigenvalue weighted by Crippen LogP contribution is -2.17. The molecule has 0 spiro atoms. The molecular formula is C22H26O5. The fraction of sp³-hybridized carbons (Fsp3) is 0.318. The maximum Gasteiger partial charge on any atom is 0.293 e. The van der Waals surface area contributed by atoms with Gasteiger partial charge in [0.25, 0.3) is 12.9 Å². The van der Waals surface area contributed by atoms with E-state index in [1.807, 2.05) is 45.0 Å². The van der Waals surface area contributed by atoms with Crippen LogP contribution in [-0.4, -0.2) is 31.4 Å². The van der Waals surface area contributed by atoms with Gasteiger partial charge in [-0.3, -0.25) is 9.59 Å². The first-order chi connectivity index (χ1) is 12.9. The third-order valence-corrected chi connectivity index (χ3v) is 3.70. The average Bonchev–Trinajstić information content (AvgIpc) is 2.94. The molecule has 2 aromatic carbocycles. The van der Waals surface area contributed by atoms with Crippen LogP contribution < -0.4 is 0 Å². The molecule has 0 aromatic heterocycles. The summed E-state index contributed by atoms with van der Waals surface area (Å²) in [4.78, 5) is 28.8. The van der Waals surface area contributed by atoms with Gasteiger partial charge in [0, 0.05) is 5.92 Å². The van der Waals surface area contributed by atoms with E-state index >= 15 is 0 Å². The largest absolute Gasteiger partial charge is 0.467 e. The van der Waals surface area contributed by atoms with Gasteiger partial charge in [0.15, 0.2) is 0 Å². The van der Waals surface area contributed by atoms with Gasteiger partial charge in [-0.05, 0) is 49.9 Å². The lowest BCUT2D eigenvalue weighted by molar-refractivity contribution is -0.138. The van der Waals surface area contributed by atoms with Crippen LogP contribution in [0, 0.1) is 0 Å². The zero-order chi connectivity index (χ0) is 20.3. The minimum Gasteiger partial charge on any atom is -0.467 e. The monoisotopic (exact) mass is 370 g/mol. The van der Waals surface area contributed by atoms with E-state index in [-0.39, 0.29) is 11.5 Å². The molecular weight excluding hydrogens is 344 g/mol. The predicted molar refractivity (Wildman–Crippen MR) is 104 cm³/mol. The van der Waals surface area contributed by atoms with Crippen molar-refractivity contribution in [1.82, 2.24) is 0 Å². The van der Waals surface area contributed by atoms with E-state index in [1.54, 1.807) is 0 Å². The van der Waals surface area contributed by atoms with Crippen LogP contribution in [0.2, 0.25) is 0 Å². The number of ether oxygens (including phenoxy) is 2. The van der Waals surface area contributed by atoms with Crippen LogP contribution in [0.15, 0.2) is 48.5 Å². The summed E-state index contributed by atoms with van der Waals surface area (Å²) in [6.45, 7) is 8.30. The van der Waals surface area contributed by atoms with Gasteiger partial charge in [0.05, 0.1) is 0 Å². The number of fused-ring (bicyclic) bond motifs is 3. The Labute approximate surface area is 160 Å². The van der Waals surface area contributed by atoms with E-state index < -0.39 is 0 Å². The molecule has 0 aliphatic heterocycles. The van der Waals surface area contributed by atoms with Crippen molar-refractivity contribution in [3.63, 3.8) is 0 Å². The van der Waals surface area contributed by atoms with Crippen molar-refractivity contribution < 1.29 is 23.9 Å². The highest BCUT2D eigenvalue weighted by molar-refractivity contribution is 5.78. The maximum atomic E-state index is 10.4. The van der Waals surface area contributed by atoms with Crippen LogP contribution >= 0.6 is 0 Å². The van der Waals surface area contributed by atoms with E-state index in [1.165, 1.54) is 29.2 Å². The molecule has 0 bridgehead atoms. The Kier molecular flexibility index (Phi) is 8.93. The molecule has 0 atom stereocenters. The lowest BCUT2D eigenvalue weighted by Gasteiger charge is -2.14. The van der Waals surface area contributed by atoms with Gasteiger partial charge in [0.2, 0.25) is 0 Å². The third kappa shape index (κ3) is 6.70. The summed E-state index contributed by atoms with van der Waals surface area (Å²) in [5.41, 5.74) is 4.68. The van der Waals surface area contributed by atoms with Gasteiger partial charge in [-0.1, -0.05) is 48.5 Å². The molecule has 0 fully saturated rings. The fourth-order valence-corrected chi connectivity index (χ4v) is 2.72. The highest BCUT2D eigenvalue weighted by Crippen LogP contribution is 2.44. The number of hydrogen-bond donors (Lipinski definition) is 0. The molecule has 1 aliphatic carbocycles. The molecule has 5 nitrogen and oxygen atoms in total. The molecule has 0 radical (unpaired) electrons. The molecule has 0 amide bonds. The van der Waals surface area contributed by atoms with Crippen molar-refractivity contribution in [2.75, 3.05) is 6.61 Å². The Morgan fingerprint density at radius 3 is 1.63 bits per heavy atom. The lowest BCUT2D eigenvalue weighted by atomic mass is 9.98. The second-order valence-corrected chi connectivity index (χ2v) is 6.72. The Hall–Kier alpha value is -2.95. The molecule has 0 unspecified atom stereocenters. The maximum absolute atomic E-state index is 10.4. The Bertz CT molecular complexity index is 701. The van der Waals surface area contributed by atoms with E-state index in [4.69, 9.17) is 9.53 Å². The Balaban J connectivity index is 0.000000308. The third-order valence-electron chi connectivity index (χ3n) is 3.70. The Morgan fingerprint density at radius 2 is 1.30 bits per heavy atom. The molecule has 2 aromatic rings. The van der Waals surface area contributed by atoms with Crippen LogP contribution in [0.25, 0.3) is 11.1 Å². The van der Waals surface area contributed by atoms with Gasteiger partial charge in [-0.25, -0.2) is 0 Å². The highest BCUT2D eigenvalue weighted by Gasteiger charge is 2.28. The van der Waals surface area contributed by atoms with Crippen LogP contribution in [0.5, 0.6) is 0 Å². The average molecular weight is 370 g/mol. The first-order valence-electron chi connectivity index (χ1n) is 8.64. The van der Waals surface area contributed by atoms with Crippen LogP contribution in [0.4, 0.5) is 0 Å². The van der Waals surface area contributed by atoms with E-state index in [2.05, 4.69) is 29.0 Å². The van der Waals surface area contributed by atoms with Crippen molar-refractivity contribution in [3.8, 4) is 11.1 Å². The molecule has 5 heteroatoms. The van der Waals surface area contributed by atoms with E-state index in [9.17, 15) is 9.59 Å². The van der Waals surface area contributed by atoms with Crippen LogP contribution in [0.1, 0.15) is 44.7 Å². The van der Waals surface area contributed by atoms with Gasteiger partial charge in [-0.15, -0.1) is 0 Å². The number of benzene rings is 2. The Morgan fingerprint density at radius 1 is 0.852 bits per heavy atom. The van der Waals surface area contributed by atoms with Gasteiger partial charge in [0.1, 0.15) is 18.5 Å². The van der Waals surface area contributed by atoms with Crippen molar-refractivity contribution in [2.24, 2.45) is 0 Å². The molecule has 0 N–H and O–H groups in total. The number of rotatable bonds is 4. The molecule has 0 saturated heterocycles. The smallest absolute Gasteiger partial charge is 0.293 e. The van der Waals surface area contributed by atoms with Crippen molar-refractivity contribution in [2.45, 2.75) is 39.2 Å². The quantitative estimate of drug-likeness (QED) is 0.757. The standard InChI is InChI=1S/C15H12O2.C5H10O2.C2H4O/c16-10-17-9-15-13-7-3-1-5-11(13)12-6-2-4-8-14(12)15;1-5(2,3)7-4-6;1-2-3/h1-8,10,15H,9H2;4H,1-3H3;2H,1H3. The number of carbonyl (C=O) groups is 3. The number of carbonyl (C=O) groups excluding carboxylic acids is 3. The van der Waals surface area contributed by atoms with Crippen LogP contribution in [0.3, 0.4) is 0 Å². The molecule has 144 valence electrons. The normalized spacial score (nSPS) is 11.4. The van der Waals surface area contributed by atoms with Crippen molar-refractivity contribution in [1.29, 1.82) is 0 Å². The van der Waals surface area contributed by atoms with E-state index in [0.29, 0.717) is 19.6 Å². The second kappa shape index (κ2) is 10.9.